The normalized spacial score (nSPS) is 25.5. The van der Waals surface area contributed by atoms with E-state index in [1.807, 2.05) is 4.57 Å². The fourth-order valence-electron chi connectivity index (χ4n) is 4.03. The standard InChI is InChI=1S/C14H22N4O2S/c19-21(20,13-10-16-12-2-1-8-18(12)13)17-9-5-14(11-17)3-6-15-7-4-14/h10,15H,1-9,11H2. The van der Waals surface area contributed by atoms with Crippen LogP contribution < -0.4 is 5.32 Å². The minimum Gasteiger partial charge on any atom is -0.318 e. The zero-order valence-electron chi connectivity index (χ0n) is 12.2. The number of aryl methyl sites for hydroxylation is 1. The lowest BCUT2D eigenvalue weighted by molar-refractivity contribution is 0.218. The van der Waals surface area contributed by atoms with Gasteiger partial charge in [-0.25, -0.2) is 13.4 Å². The molecule has 1 aromatic heterocycles. The third kappa shape index (κ3) is 2.13. The van der Waals surface area contributed by atoms with Gasteiger partial charge in [0.2, 0.25) is 0 Å². The summed E-state index contributed by atoms with van der Waals surface area (Å²) < 4.78 is 29.4. The number of piperidine rings is 1. The van der Waals surface area contributed by atoms with Crippen LogP contribution in [0.25, 0.3) is 0 Å². The quantitative estimate of drug-likeness (QED) is 0.868. The van der Waals surface area contributed by atoms with Crippen LogP contribution >= 0.6 is 0 Å². The van der Waals surface area contributed by atoms with Crippen LogP contribution in [0.2, 0.25) is 0 Å². The van der Waals surface area contributed by atoms with Crippen molar-refractivity contribution in [1.29, 1.82) is 0 Å². The van der Waals surface area contributed by atoms with Gasteiger partial charge in [-0.05, 0) is 44.2 Å². The number of imidazole rings is 1. The van der Waals surface area contributed by atoms with Crippen molar-refractivity contribution in [3.63, 3.8) is 0 Å². The van der Waals surface area contributed by atoms with Gasteiger partial charge in [-0.1, -0.05) is 0 Å². The molecule has 0 radical (unpaired) electrons. The molecule has 6 nitrogen and oxygen atoms in total. The molecule has 3 aliphatic heterocycles. The molecule has 0 bridgehead atoms. The van der Waals surface area contributed by atoms with E-state index in [1.54, 1.807) is 10.5 Å². The van der Waals surface area contributed by atoms with Crippen molar-refractivity contribution in [3.05, 3.63) is 12.0 Å². The molecular formula is C14H22N4O2S. The van der Waals surface area contributed by atoms with E-state index < -0.39 is 10.0 Å². The van der Waals surface area contributed by atoms with E-state index in [0.717, 1.165) is 57.6 Å². The lowest BCUT2D eigenvalue weighted by Crippen LogP contribution is -2.40. The number of nitrogens with one attached hydrogen (secondary N) is 1. The number of hydrogen-bond acceptors (Lipinski definition) is 4. The van der Waals surface area contributed by atoms with Crippen LogP contribution in [-0.2, 0) is 23.0 Å². The molecule has 0 unspecified atom stereocenters. The molecule has 1 aromatic rings. The smallest absolute Gasteiger partial charge is 0.260 e. The van der Waals surface area contributed by atoms with Crippen molar-refractivity contribution in [3.8, 4) is 0 Å². The average Bonchev–Trinajstić information content (AvgIpc) is 3.14. The van der Waals surface area contributed by atoms with Crippen molar-refractivity contribution in [2.45, 2.75) is 43.7 Å². The van der Waals surface area contributed by atoms with Crippen LogP contribution in [0, 0.1) is 5.41 Å². The minimum absolute atomic E-state index is 0.201. The van der Waals surface area contributed by atoms with Gasteiger partial charge in [-0.15, -0.1) is 0 Å². The highest BCUT2D eigenvalue weighted by Gasteiger charge is 2.44. The molecule has 4 rings (SSSR count). The number of fused-ring (bicyclic) bond motifs is 1. The van der Waals surface area contributed by atoms with Gasteiger partial charge in [0.1, 0.15) is 5.82 Å². The predicted octanol–water partition coefficient (Wildman–Crippen LogP) is 0.593. The first-order valence-corrected chi connectivity index (χ1v) is 9.30. The monoisotopic (exact) mass is 310 g/mol. The fourth-order valence-corrected chi connectivity index (χ4v) is 5.73. The Bertz CT molecular complexity index is 646. The largest absolute Gasteiger partial charge is 0.318 e. The van der Waals surface area contributed by atoms with Crippen molar-refractivity contribution < 1.29 is 8.42 Å². The molecule has 116 valence electrons. The van der Waals surface area contributed by atoms with Crippen molar-refractivity contribution >= 4 is 10.0 Å². The highest BCUT2D eigenvalue weighted by molar-refractivity contribution is 7.89. The second kappa shape index (κ2) is 4.79. The minimum atomic E-state index is -3.38. The summed E-state index contributed by atoms with van der Waals surface area (Å²) in [7, 11) is -3.38. The molecular weight excluding hydrogens is 288 g/mol. The van der Waals surface area contributed by atoms with Crippen molar-refractivity contribution in [2.75, 3.05) is 26.2 Å². The van der Waals surface area contributed by atoms with E-state index in [0.29, 0.717) is 18.1 Å². The summed E-state index contributed by atoms with van der Waals surface area (Å²) in [6.07, 6.45) is 6.62. The molecule has 1 N–H and O–H groups in total. The Labute approximate surface area is 125 Å². The highest BCUT2D eigenvalue weighted by Crippen LogP contribution is 2.40. The zero-order valence-corrected chi connectivity index (χ0v) is 13.0. The third-order valence-electron chi connectivity index (χ3n) is 5.36. The molecule has 0 saturated carbocycles. The number of hydrogen-bond donors (Lipinski definition) is 1. The van der Waals surface area contributed by atoms with Crippen LogP contribution in [0.1, 0.15) is 31.5 Å². The Morgan fingerprint density at radius 3 is 2.81 bits per heavy atom. The molecule has 0 aromatic carbocycles. The van der Waals surface area contributed by atoms with Gasteiger partial charge in [-0.2, -0.15) is 4.31 Å². The molecule has 7 heteroatoms. The summed E-state index contributed by atoms with van der Waals surface area (Å²) in [5.74, 6) is 0.921. The molecule has 4 heterocycles. The zero-order chi connectivity index (χ0) is 14.5. The Hall–Kier alpha value is -0.920. The van der Waals surface area contributed by atoms with Crippen molar-refractivity contribution in [1.82, 2.24) is 19.2 Å². The molecule has 2 saturated heterocycles. The number of aromatic nitrogens is 2. The van der Waals surface area contributed by atoms with Gasteiger partial charge < -0.3 is 9.88 Å². The van der Waals surface area contributed by atoms with E-state index in [-0.39, 0.29) is 5.41 Å². The molecule has 3 aliphatic rings. The topological polar surface area (TPSA) is 67.2 Å². The average molecular weight is 310 g/mol. The Kier molecular flexibility index (Phi) is 3.13. The van der Waals surface area contributed by atoms with E-state index in [9.17, 15) is 8.42 Å². The maximum absolute atomic E-state index is 12.9. The third-order valence-corrected chi connectivity index (χ3v) is 7.20. The Morgan fingerprint density at radius 1 is 1.19 bits per heavy atom. The van der Waals surface area contributed by atoms with Crippen LogP contribution in [0.5, 0.6) is 0 Å². The Morgan fingerprint density at radius 2 is 2.00 bits per heavy atom. The second-order valence-electron chi connectivity index (χ2n) is 6.61. The summed E-state index contributed by atoms with van der Waals surface area (Å²) in [6, 6.07) is 0. The predicted molar refractivity (Wildman–Crippen MR) is 78.5 cm³/mol. The second-order valence-corrected chi connectivity index (χ2v) is 8.49. The number of nitrogens with zero attached hydrogens (tertiary/aromatic N) is 3. The summed E-state index contributed by atoms with van der Waals surface area (Å²) in [4.78, 5) is 4.29. The molecule has 0 aliphatic carbocycles. The molecule has 0 amide bonds. The number of sulfonamides is 1. The summed E-state index contributed by atoms with van der Waals surface area (Å²) >= 11 is 0. The van der Waals surface area contributed by atoms with Crippen LogP contribution in [-0.4, -0.2) is 48.5 Å². The van der Waals surface area contributed by atoms with Gasteiger partial charge in [0.25, 0.3) is 10.0 Å². The van der Waals surface area contributed by atoms with E-state index >= 15 is 0 Å². The highest BCUT2D eigenvalue weighted by atomic mass is 32.2. The van der Waals surface area contributed by atoms with Crippen molar-refractivity contribution in [2.24, 2.45) is 5.41 Å². The van der Waals surface area contributed by atoms with Crippen LogP contribution in [0.15, 0.2) is 11.2 Å². The number of rotatable bonds is 2. The SMILES string of the molecule is O=S(=O)(c1cnc2n1CCC2)N1CCC2(CCNCC2)C1. The first kappa shape index (κ1) is 13.7. The summed E-state index contributed by atoms with van der Waals surface area (Å²) in [5.41, 5.74) is 0.201. The van der Waals surface area contributed by atoms with Gasteiger partial charge in [-0.3, -0.25) is 0 Å². The van der Waals surface area contributed by atoms with Crippen LogP contribution in [0.3, 0.4) is 0 Å². The van der Waals surface area contributed by atoms with Gasteiger partial charge in [0.15, 0.2) is 5.03 Å². The van der Waals surface area contributed by atoms with Gasteiger partial charge in [0.05, 0.1) is 6.20 Å². The lowest BCUT2D eigenvalue weighted by Gasteiger charge is -2.33. The molecule has 1 spiro atoms. The summed E-state index contributed by atoms with van der Waals surface area (Å²) in [6.45, 7) is 4.14. The van der Waals surface area contributed by atoms with E-state index in [1.165, 1.54) is 0 Å². The fraction of sp³-hybridized carbons (Fsp3) is 0.786. The summed E-state index contributed by atoms with van der Waals surface area (Å²) in [5, 5.41) is 3.77. The lowest BCUT2D eigenvalue weighted by atomic mass is 9.78. The first-order chi connectivity index (χ1) is 10.1. The maximum atomic E-state index is 12.9. The first-order valence-electron chi connectivity index (χ1n) is 7.86. The van der Waals surface area contributed by atoms with E-state index in [4.69, 9.17) is 0 Å². The van der Waals surface area contributed by atoms with Gasteiger partial charge >= 0.3 is 0 Å². The van der Waals surface area contributed by atoms with E-state index in [2.05, 4.69) is 10.3 Å². The molecule has 2 fully saturated rings. The molecule has 21 heavy (non-hydrogen) atoms. The molecule has 0 atom stereocenters. The Balaban J connectivity index is 1.61. The van der Waals surface area contributed by atoms with Crippen LogP contribution in [0.4, 0.5) is 0 Å². The van der Waals surface area contributed by atoms with Gasteiger partial charge in [0, 0.05) is 26.1 Å². The maximum Gasteiger partial charge on any atom is 0.260 e.